The number of nitriles is 1. The maximum absolute atomic E-state index is 14.0. The van der Waals surface area contributed by atoms with Gasteiger partial charge in [0.05, 0.1) is 17.5 Å². The van der Waals surface area contributed by atoms with Gasteiger partial charge in [0.2, 0.25) is 0 Å². The van der Waals surface area contributed by atoms with Crippen LogP contribution in [-0.2, 0) is 11.3 Å². The van der Waals surface area contributed by atoms with Crippen LogP contribution in [0.2, 0.25) is 0 Å². The third kappa shape index (κ3) is 2.94. The van der Waals surface area contributed by atoms with E-state index in [1.54, 1.807) is 6.20 Å². The van der Waals surface area contributed by atoms with Crippen LogP contribution in [0.15, 0.2) is 6.20 Å². The minimum Gasteiger partial charge on any atom is -0.297 e. The second kappa shape index (κ2) is 7.44. The second-order valence-electron chi connectivity index (χ2n) is 13.8. The third-order valence-electron chi connectivity index (χ3n) is 12.2. The molecule has 6 aliphatic carbocycles. The Morgan fingerprint density at radius 2 is 1.88 bits per heavy atom. The van der Waals surface area contributed by atoms with E-state index in [0.29, 0.717) is 35.6 Å². The van der Waals surface area contributed by atoms with Crippen LogP contribution in [0.25, 0.3) is 0 Å². The van der Waals surface area contributed by atoms with Gasteiger partial charge in [0, 0.05) is 11.8 Å². The van der Waals surface area contributed by atoms with Gasteiger partial charge in [-0.05, 0) is 110 Å². The van der Waals surface area contributed by atoms with E-state index in [4.69, 9.17) is 0 Å². The first kappa shape index (κ1) is 21.6. The molecule has 6 fully saturated rings. The lowest BCUT2D eigenvalue weighted by atomic mass is 9.47. The monoisotopic (exact) mass is 459 g/mol. The van der Waals surface area contributed by atoms with E-state index in [1.165, 1.54) is 44.9 Å². The van der Waals surface area contributed by atoms with Gasteiger partial charge in [-0.1, -0.05) is 27.2 Å². The molecule has 0 aliphatic heterocycles. The summed E-state index contributed by atoms with van der Waals surface area (Å²) in [6.45, 7) is 7.80. The first-order valence-electron chi connectivity index (χ1n) is 14.4. The molecular formula is C30H41N3O. The van der Waals surface area contributed by atoms with E-state index >= 15 is 0 Å². The third-order valence-corrected chi connectivity index (χ3v) is 12.2. The molecule has 0 aromatic carbocycles. The number of aromatic nitrogens is 2. The number of nitrogens with zero attached hydrogens (tertiary/aromatic N) is 3. The predicted octanol–water partition coefficient (Wildman–Crippen LogP) is 6.21. The summed E-state index contributed by atoms with van der Waals surface area (Å²) in [6.07, 6.45) is 13.8. The van der Waals surface area contributed by atoms with Crippen molar-refractivity contribution in [3.8, 4) is 6.07 Å². The lowest BCUT2D eigenvalue weighted by Gasteiger charge is -2.57. The minimum atomic E-state index is 0.180. The zero-order valence-corrected chi connectivity index (χ0v) is 21.2. The largest absolute Gasteiger partial charge is 0.297 e. The topological polar surface area (TPSA) is 58.7 Å². The molecule has 7 rings (SSSR count). The number of hydrogen-bond donors (Lipinski definition) is 0. The van der Waals surface area contributed by atoms with Gasteiger partial charge in [-0.15, -0.1) is 0 Å². The van der Waals surface area contributed by atoms with Gasteiger partial charge in [0.1, 0.15) is 12.6 Å². The Labute approximate surface area is 204 Å². The highest BCUT2D eigenvalue weighted by atomic mass is 16.1. The van der Waals surface area contributed by atoms with Gasteiger partial charge in [-0.2, -0.15) is 10.4 Å². The zero-order chi connectivity index (χ0) is 23.4. The Balaban J connectivity index is 1.16. The quantitative estimate of drug-likeness (QED) is 0.538. The fourth-order valence-corrected chi connectivity index (χ4v) is 10.7. The average molecular weight is 460 g/mol. The Bertz CT molecular complexity index is 1050. The van der Waals surface area contributed by atoms with E-state index in [9.17, 15) is 10.1 Å². The van der Waals surface area contributed by atoms with E-state index in [2.05, 4.69) is 31.9 Å². The predicted molar refractivity (Wildman–Crippen MR) is 131 cm³/mol. The Hall–Kier alpha value is -1.63. The molecule has 0 N–H and O–H groups in total. The molecule has 182 valence electrons. The van der Waals surface area contributed by atoms with Crippen LogP contribution >= 0.6 is 0 Å². The summed E-state index contributed by atoms with van der Waals surface area (Å²) in [6, 6.07) is 2.32. The minimum absolute atomic E-state index is 0.180. The van der Waals surface area contributed by atoms with Crippen LogP contribution in [0, 0.1) is 75.9 Å². The number of hydrogen-bond acceptors (Lipinski definition) is 3. The fourth-order valence-electron chi connectivity index (χ4n) is 10.7. The van der Waals surface area contributed by atoms with E-state index < -0.39 is 0 Å². The van der Waals surface area contributed by atoms with Crippen LogP contribution in [0.1, 0.15) is 95.7 Å². The molecule has 0 saturated heterocycles. The van der Waals surface area contributed by atoms with Gasteiger partial charge in [-0.25, -0.2) is 0 Å². The van der Waals surface area contributed by atoms with Crippen molar-refractivity contribution in [1.29, 1.82) is 5.26 Å². The van der Waals surface area contributed by atoms with Crippen molar-refractivity contribution in [3.05, 3.63) is 17.5 Å². The summed E-state index contributed by atoms with van der Waals surface area (Å²) >= 11 is 0. The molecule has 1 heterocycles. The van der Waals surface area contributed by atoms with Crippen LogP contribution in [0.3, 0.4) is 0 Å². The molecule has 0 amide bonds. The van der Waals surface area contributed by atoms with Gasteiger partial charge in [0.15, 0.2) is 5.78 Å². The number of rotatable bonds is 4. The van der Waals surface area contributed by atoms with E-state index in [0.717, 1.165) is 60.0 Å². The molecule has 4 heteroatoms. The van der Waals surface area contributed by atoms with Crippen LogP contribution in [0.5, 0.6) is 0 Å². The maximum Gasteiger partial charge on any atom is 0.158 e. The second-order valence-corrected chi connectivity index (χ2v) is 13.8. The van der Waals surface area contributed by atoms with Crippen LogP contribution in [-0.4, -0.2) is 15.6 Å². The number of carbonyl (C=O) groups is 1. The lowest BCUT2D eigenvalue weighted by molar-refractivity contribution is -0.135. The molecule has 34 heavy (non-hydrogen) atoms. The molecular weight excluding hydrogens is 418 g/mol. The molecule has 4 nitrogen and oxygen atoms in total. The first-order chi connectivity index (χ1) is 16.4. The normalized spacial score (nSPS) is 48.8. The van der Waals surface area contributed by atoms with Crippen LogP contribution < -0.4 is 0 Å². The van der Waals surface area contributed by atoms with Gasteiger partial charge >= 0.3 is 0 Å². The number of Topliss-reactive ketones (excluding diaryl/α,β-unsaturated/α-hetero) is 1. The lowest BCUT2D eigenvalue weighted by Crippen LogP contribution is -2.51. The highest BCUT2D eigenvalue weighted by Crippen LogP contribution is 2.76. The molecule has 1 aromatic heterocycles. The molecule has 6 saturated carbocycles. The molecule has 6 aliphatic rings. The Kier molecular flexibility index (Phi) is 4.73. The highest BCUT2D eigenvalue weighted by Gasteiger charge is 2.73. The summed E-state index contributed by atoms with van der Waals surface area (Å²) in [4.78, 5) is 14.0. The molecule has 0 spiro atoms. The molecule has 0 bridgehead atoms. The van der Waals surface area contributed by atoms with Gasteiger partial charge < -0.3 is 0 Å². The molecule has 1 aromatic rings. The van der Waals surface area contributed by atoms with Crippen molar-refractivity contribution in [2.24, 2.45) is 64.6 Å². The summed E-state index contributed by atoms with van der Waals surface area (Å²) in [7, 11) is 0. The SMILES string of the molecule is C[C@H]1CC[C@H]2[C@H](CC[C@H]3C4[C@@H]5[C@H](C)[C@@H]5[C@H](C(=O)Cn5ncc(C#N)c5C5CC5)[C@@]4(C)CC[C@H]23)C1. The van der Waals surface area contributed by atoms with E-state index in [-0.39, 0.29) is 11.3 Å². The summed E-state index contributed by atoms with van der Waals surface area (Å²) in [5.74, 6) is 8.57. The van der Waals surface area contributed by atoms with Crippen molar-refractivity contribution in [2.45, 2.75) is 91.0 Å². The standard InChI is InChI=1S/C30H41N3O/c1-16-4-8-21-19(12-16)7-9-23-22(21)10-11-30(3)27(23)25-17(2)26(25)28(30)24(34)15-33-29(18-5-6-18)20(13-31)14-32-33/h14,16-19,21-23,25-28H,4-12,15H2,1-3H3/t16-,17-,19+,21-,22+,23+,25+,26-,27?,28-,30-/m0/s1. The average Bonchev–Trinajstić information content (AvgIpc) is 3.69. The van der Waals surface area contributed by atoms with E-state index in [1.807, 2.05) is 4.68 Å². The number of carbonyl (C=O) groups excluding carboxylic acids is 1. The molecule has 0 radical (unpaired) electrons. The number of fused-ring (bicyclic) bond motifs is 7. The zero-order valence-electron chi connectivity index (χ0n) is 21.2. The molecule has 1 unspecified atom stereocenters. The summed E-state index contributed by atoms with van der Waals surface area (Å²) in [5.41, 5.74) is 1.90. The van der Waals surface area contributed by atoms with Crippen molar-refractivity contribution < 1.29 is 4.79 Å². The van der Waals surface area contributed by atoms with Crippen molar-refractivity contribution in [2.75, 3.05) is 0 Å². The van der Waals surface area contributed by atoms with Crippen molar-refractivity contribution in [1.82, 2.24) is 9.78 Å². The Morgan fingerprint density at radius 1 is 1.09 bits per heavy atom. The van der Waals surface area contributed by atoms with Crippen molar-refractivity contribution >= 4 is 5.78 Å². The first-order valence-corrected chi connectivity index (χ1v) is 14.4. The van der Waals surface area contributed by atoms with Gasteiger partial charge in [-0.3, -0.25) is 9.48 Å². The summed E-state index contributed by atoms with van der Waals surface area (Å²) in [5, 5.41) is 14.1. The van der Waals surface area contributed by atoms with Gasteiger partial charge in [0.25, 0.3) is 0 Å². The molecule has 11 atom stereocenters. The highest BCUT2D eigenvalue weighted by molar-refractivity contribution is 5.83. The summed E-state index contributed by atoms with van der Waals surface area (Å²) < 4.78 is 1.91. The smallest absolute Gasteiger partial charge is 0.158 e. The Morgan fingerprint density at radius 3 is 2.65 bits per heavy atom. The number of ketones is 1. The van der Waals surface area contributed by atoms with Crippen LogP contribution in [0.4, 0.5) is 0 Å². The fraction of sp³-hybridized carbons (Fsp3) is 0.833. The maximum atomic E-state index is 14.0. The van der Waals surface area contributed by atoms with Crippen molar-refractivity contribution in [3.63, 3.8) is 0 Å².